The number of carbonyl (C=O) groups is 2. The van der Waals surface area contributed by atoms with Gasteiger partial charge < -0.3 is 5.32 Å². The molecule has 3 rings (SSSR count). The Kier molecular flexibility index (Phi) is 6.26. The Morgan fingerprint density at radius 3 is 2.43 bits per heavy atom. The van der Waals surface area contributed by atoms with E-state index >= 15 is 0 Å². The summed E-state index contributed by atoms with van der Waals surface area (Å²) >= 11 is 0. The highest BCUT2D eigenvalue weighted by atomic mass is 32.2. The van der Waals surface area contributed by atoms with Gasteiger partial charge in [0.15, 0.2) is 5.78 Å². The van der Waals surface area contributed by atoms with Crippen LogP contribution in [0, 0.1) is 0 Å². The second kappa shape index (κ2) is 8.67. The molecular formula is C21H24N2O4S. The number of nitrogens with one attached hydrogen (secondary N) is 2. The van der Waals surface area contributed by atoms with Crippen molar-refractivity contribution in [2.75, 3.05) is 11.9 Å². The molecule has 0 spiro atoms. The molecule has 6 nitrogen and oxygen atoms in total. The van der Waals surface area contributed by atoms with Gasteiger partial charge in [0.2, 0.25) is 15.9 Å². The second-order valence-corrected chi connectivity index (χ2v) is 8.69. The van der Waals surface area contributed by atoms with Crippen molar-refractivity contribution in [1.82, 2.24) is 4.72 Å². The average Bonchev–Trinajstić information content (AvgIpc) is 2.68. The van der Waals surface area contributed by atoms with Crippen LogP contribution in [-0.2, 0) is 27.7 Å². The summed E-state index contributed by atoms with van der Waals surface area (Å²) < 4.78 is 27.1. The van der Waals surface area contributed by atoms with Crippen LogP contribution in [0.15, 0.2) is 47.4 Å². The van der Waals surface area contributed by atoms with E-state index in [9.17, 15) is 18.0 Å². The lowest BCUT2D eigenvalue weighted by Crippen LogP contribution is -2.28. The van der Waals surface area contributed by atoms with Gasteiger partial charge in [-0.25, -0.2) is 13.1 Å². The number of amides is 1. The fourth-order valence-corrected chi connectivity index (χ4v) is 4.39. The molecule has 0 aromatic heterocycles. The molecule has 0 saturated heterocycles. The van der Waals surface area contributed by atoms with Crippen LogP contribution in [0.5, 0.6) is 0 Å². The van der Waals surface area contributed by atoms with E-state index in [2.05, 4.69) is 16.1 Å². The van der Waals surface area contributed by atoms with Gasteiger partial charge >= 0.3 is 0 Å². The van der Waals surface area contributed by atoms with E-state index in [0.717, 1.165) is 24.9 Å². The van der Waals surface area contributed by atoms with Crippen LogP contribution in [0.4, 0.5) is 5.69 Å². The van der Waals surface area contributed by atoms with E-state index in [1.807, 2.05) is 12.1 Å². The maximum Gasteiger partial charge on any atom is 0.240 e. The number of anilines is 1. The Labute approximate surface area is 165 Å². The van der Waals surface area contributed by atoms with Crippen LogP contribution in [0.25, 0.3) is 0 Å². The first-order valence-electron chi connectivity index (χ1n) is 9.38. The van der Waals surface area contributed by atoms with Gasteiger partial charge in [-0.2, -0.15) is 0 Å². The summed E-state index contributed by atoms with van der Waals surface area (Å²) in [4.78, 5) is 23.6. The number of ketones is 1. The molecule has 0 radical (unpaired) electrons. The smallest absolute Gasteiger partial charge is 0.240 e. The third kappa shape index (κ3) is 4.85. The van der Waals surface area contributed by atoms with E-state index < -0.39 is 10.0 Å². The Bertz CT molecular complexity index is 982. The second-order valence-electron chi connectivity index (χ2n) is 6.93. The van der Waals surface area contributed by atoms with Crippen molar-refractivity contribution in [2.24, 2.45) is 0 Å². The Balaban J connectivity index is 1.56. The number of Topliss-reactive ketones (excluding diaryl/α,β-unsaturated/α-hetero) is 1. The Morgan fingerprint density at radius 1 is 1.00 bits per heavy atom. The first kappa shape index (κ1) is 20.2. The zero-order valence-corrected chi connectivity index (χ0v) is 16.6. The molecule has 7 heteroatoms. The standard InChI is InChI=1S/C21H24N2O4S/c1-15(24)16-9-11-18(12-10-16)28(26,27)22-14-13-21(25)23-20-8-4-6-17-5-2-3-7-19(17)20/h4,6,8-12,22H,2-3,5,7,13-14H2,1H3,(H,23,25). The van der Waals surface area contributed by atoms with E-state index in [1.165, 1.54) is 48.7 Å². The van der Waals surface area contributed by atoms with Crippen molar-refractivity contribution in [1.29, 1.82) is 0 Å². The van der Waals surface area contributed by atoms with Gasteiger partial charge in [0.05, 0.1) is 4.90 Å². The molecule has 0 saturated carbocycles. The largest absolute Gasteiger partial charge is 0.326 e. The van der Waals surface area contributed by atoms with Gasteiger partial charge in [-0.05, 0) is 61.9 Å². The molecule has 0 unspecified atom stereocenters. The predicted molar refractivity (Wildman–Crippen MR) is 108 cm³/mol. The molecule has 0 atom stereocenters. The molecule has 2 N–H and O–H groups in total. The molecule has 1 aliphatic carbocycles. The number of rotatable bonds is 7. The fourth-order valence-electron chi connectivity index (χ4n) is 3.36. The van der Waals surface area contributed by atoms with Crippen molar-refractivity contribution in [3.63, 3.8) is 0 Å². The number of benzene rings is 2. The summed E-state index contributed by atoms with van der Waals surface area (Å²) in [5.41, 5.74) is 3.74. The summed E-state index contributed by atoms with van der Waals surface area (Å²) in [6.45, 7) is 1.42. The van der Waals surface area contributed by atoms with Crippen LogP contribution in [0.2, 0.25) is 0 Å². The summed E-state index contributed by atoms with van der Waals surface area (Å²) in [6.07, 6.45) is 4.30. The topological polar surface area (TPSA) is 92.3 Å². The molecule has 0 heterocycles. The van der Waals surface area contributed by atoms with Crippen LogP contribution < -0.4 is 10.0 Å². The summed E-state index contributed by atoms with van der Waals surface area (Å²) in [5.74, 6) is -0.356. The first-order chi connectivity index (χ1) is 13.4. The zero-order valence-electron chi connectivity index (χ0n) is 15.8. The predicted octanol–water partition coefficient (Wildman–Crippen LogP) is 3.08. The molecular weight excluding hydrogens is 376 g/mol. The Morgan fingerprint density at radius 2 is 1.71 bits per heavy atom. The third-order valence-electron chi connectivity index (χ3n) is 4.89. The molecule has 0 aliphatic heterocycles. The van der Waals surface area contributed by atoms with Crippen molar-refractivity contribution >= 4 is 27.4 Å². The molecule has 28 heavy (non-hydrogen) atoms. The molecule has 2 aromatic rings. The summed E-state index contributed by atoms with van der Waals surface area (Å²) in [7, 11) is -3.73. The fraction of sp³-hybridized carbons (Fsp3) is 0.333. The first-order valence-corrected chi connectivity index (χ1v) is 10.9. The van der Waals surface area contributed by atoms with E-state index in [1.54, 1.807) is 0 Å². The molecule has 1 amide bonds. The van der Waals surface area contributed by atoms with Crippen molar-refractivity contribution in [3.05, 3.63) is 59.2 Å². The van der Waals surface area contributed by atoms with Gasteiger partial charge in [0.1, 0.15) is 0 Å². The number of carbonyl (C=O) groups excluding carboxylic acids is 2. The van der Waals surface area contributed by atoms with Crippen LogP contribution in [-0.4, -0.2) is 26.7 Å². The maximum atomic E-state index is 12.3. The SMILES string of the molecule is CC(=O)c1ccc(S(=O)(=O)NCCC(=O)Nc2cccc3c2CCCC3)cc1. The number of sulfonamides is 1. The third-order valence-corrected chi connectivity index (χ3v) is 6.36. The lowest BCUT2D eigenvalue weighted by molar-refractivity contribution is -0.116. The molecule has 0 fully saturated rings. The summed E-state index contributed by atoms with van der Waals surface area (Å²) in [6, 6.07) is 11.6. The quantitative estimate of drug-likeness (QED) is 0.699. The van der Waals surface area contributed by atoms with E-state index in [4.69, 9.17) is 0 Å². The highest BCUT2D eigenvalue weighted by Gasteiger charge is 2.16. The molecule has 1 aliphatic rings. The molecule has 148 valence electrons. The van der Waals surface area contributed by atoms with E-state index in [-0.39, 0.29) is 29.6 Å². The van der Waals surface area contributed by atoms with Gasteiger partial charge in [-0.3, -0.25) is 9.59 Å². The minimum atomic E-state index is -3.73. The van der Waals surface area contributed by atoms with Crippen LogP contribution in [0.3, 0.4) is 0 Å². The monoisotopic (exact) mass is 400 g/mol. The number of fused-ring (bicyclic) bond motifs is 1. The number of hydrogen-bond donors (Lipinski definition) is 2. The zero-order chi connectivity index (χ0) is 20.1. The van der Waals surface area contributed by atoms with Crippen LogP contribution in [0.1, 0.15) is 47.7 Å². The lowest BCUT2D eigenvalue weighted by Gasteiger charge is -2.19. The number of aryl methyl sites for hydroxylation is 1. The minimum Gasteiger partial charge on any atom is -0.326 e. The maximum absolute atomic E-state index is 12.3. The van der Waals surface area contributed by atoms with Gasteiger partial charge in [-0.15, -0.1) is 0 Å². The lowest BCUT2D eigenvalue weighted by atomic mass is 9.90. The Hall–Kier alpha value is -2.51. The molecule has 0 bridgehead atoms. The summed E-state index contributed by atoms with van der Waals surface area (Å²) in [5, 5.41) is 2.90. The van der Waals surface area contributed by atoms with Gasteiger partial charge in [0.25, 0.3) is 0 Å². The normalized spacial score (nSPS) is 13.6. The van der Waals surface area contributed by atoms with Gasteiger partial charge in [0, 0.05) is 24.2 Å². The van der Waals surface area contributed by atoms with Crippen molar-refractivity contribution < 1.29 is 18.0 Å². The molecule has 2 aromatic carbocycles. The average molecular weight is 401 g/mol. The minimum absolute atomic E-state index is 0.00233. The number of hydrogen-bond acceptors (Lipinski definition) is 4. The van der Waals surface area contributed by atoms with Gasteiger partial charge in [-0.1, -0.05) is 24.3 Å². The van der Waals surface area contributed by atoms with E-state index in [0.29, 0.717) is 5.56 Å². The highest BCUT2D eigenvalue weighted by Crippen LogP contribution is 2.27. The highest BCUT2D eigenvalue weighted by molar-refractivity contribution is 7.89. The van der Waals surface area contributed by atoms with Crippen LogP contribution >= 0.6 is 0 Å². The van der Waals surface area contributed by atoms with Crippen molar-refractivity contribution in [3.8, 4) is 0 Å². The van der Waals surface area contributed by atoms with Crippen molar-refractivity contribution in [2.45, 2.75) is 43.9 Å².